The molecule has 0 aliphatic heterocycles. The van der Waals surface area contributed by atoms with Crippen LogP contribution in [0.5, 0.6) is 0 Å². The third-order valence-electron chi connectivity index (χ3n) is 2.09. The van der Waals surface area contributed by atoms with Crippen molar-refractivity contribution in [1.82, 2.24) is 4.98 Å². The fourth-order valence-corrected chi connectivity index (χ4v) is 1.48. The second-order valence-electron chi connectivity index (χ2n) is 3.24. The average Bonchev–Trinajstić information content (AvgIpc) is 2.80. The van der Waals surface area contributed by atoms with Gasteiger partial charge in [0.05, 0.1) is 17.7 Å². The molecule has 2 aromatic rings. The first-order chi connectivity index (χ1) is 8.16. The van der Waals surface area contributed by atoms with Gasteiger partial charge in [-0.2, -0.15) is 0 Å². The van der Waals surface area contributed by atoms with E-state index >= 15 is 0 Å². The Labute approximate surface area is 101 Å². The quantitative estimate of drug-likeness (QED) is 0.669. The Morgan fingerprint density at radius 3 is 3.00 bits per heavy atom. The Hall–Kier alpha value is -2.08. The molecule has 2 rings (SSSR count). The van der Waals surface area contributed by atoms with Crippen LogP contribution in [-0.4, -0.2) is 9.91 Å². The van der Waals surface area contributed by atoms with Gasteiger partial charge in [-0.1, -0.05) is 11.6 Å². The molecule has 1 aromatic carbocycles. The molecule has 1 N–H and O–H groups in total. The minimum Gasteiger partial charge on any atom is -0.447 e. The highest BCUT2D eigenvalue weighted by Gasteiger charge is 2.14. The monoisotopic (exact) mass is 253 g/mol. The van der Waals surface area contributed by atoms with Crippen molar-refractivity contribution in [2.45, 2.75) is 6.54 Å². The number of nitro groups is 1. The maximum absolute atomic E-state index is 10.8. The van der Waals surface area contributed by atoms with Crippen LogP contribution < -0.4 is 5.32 Å². The zero-order valence-corrected chi connectivity index (χ0v) is 9.35. The molecule has 7 heteroatoms. The first kappa shape index (κ1) is 11.4. The Kier molecular flexibility index (Phi) is 3.24. The van der Waals surface area contributed by atoms with E-state index in [2.05, 4.69) is 10.3 Å². The number of benzene rings is 1. The van der Waals surface area contributed by atoms with Crippen LogP contribution in [0.2, 0.25) is 5.02 Å². The highest BCUT2D eigenvalue weighted by atomic mass is 35.5. The van der Waals surface area contributed by atoms with Gasteiger partial charge >= 0.3 is 0 Å². The number of nitrogens with zero attached hydrogens (tertiary/aromatic N) is 2. The summed E-state index contributed by atoms with van der Waals surface area (Å²) in [5, 5.41) is 14.0. The average molecular weight is 254 g/mol. The Bertz CT molecular complexity index is 528. The van der Waals surface area contributed by atoms with Gasteiger partial charge in [0.2, 0.25) is 0 Å². The largest absolute Gasteiger partial charge is 0.447 e. The summed E-state index contributed by atoms with van der Waals surface area (Å²) in [6.45, 7) is 0.322. The second kappa shape index (κ2) is 4.84. The smallest absolute Gasteiger partial charge is 0.293 e. The molecule has 0 saturated heterocycles. The molecule has 1 heterocycles. The van der Waals surface area contributed by atoms with Gasteiger partial charge in [0.25, 0.3) is 5.69 Å². The molecule has 6 nitrogen and oxygen atoms in total. The maximum atomic E-state index is 10.8. The van der Waals surface area contributed by atoms with Gasteiger partial charge in [0.15, 0.2) is 6.39 Å². The summed E-state index contributed by atoms with van der Waals surface area (Å²) in [4.78, 5) is 14.1. The molecule has 0 bridgehead atoms. The highest BCUT2D eigenvalue weighted by molar-refractivity contribution is 6.30. The Morgan fingerprint density at radius 2 is 2.35 bits per heavy atom. The first-order valence-corrected chi connectivity index (χ1v) is 5.10. The summed E-state index contributed by atoms with van der Waals surface area (Å²) < 4.78 is 5.01. The van der Waals surface area contributed by atoms with E-state index in [1.807, 2.05) is 0 Å². The van der Waals surface area contributed by atoms with E-state index in [9.17, 15) is 10.1 Å². The topological polar surface area (TPSA) is 81.2 Å². The molecular weight excluding hydrogens is 246 g/mol. The number of halogens is 1. The number of hydrogen-bond acceptors (Lipinski definition) is 5. The lowest BCUT2D eigenvalue weighted by Gasteiger charge is -2.05. The number of hydrogen-bond donors (Lipinski definition) is 1. The van der Waals surface area contributed by atoms with Crippen molar-refractivity contribution < 1.29 is 9.34 Å². The minimum atomic E-state index is -0.491. The maximum Gasteiger partial charge on any atom is 0.293 e. The molecule has 88 valence electrons. The lowest BCUT2D eigenvalue weighted by molar-refractivity contribution is -0.383. The zero-order valence-electron chi connectivity index (χ0n) is 8.59. The molecule has 0 radical (unpaired) electrons. The van der Waals surface area contributed by atoms with Crippen LogP contribution in [0.1, 0.15) is 5.76 Å². The fraction of sp³-hybridized carbons (Fsp3) is 0.100. The summed E-state index contributed by atoms with van der Waals surface area (Å²) in [7, 11) is 0. The number of anilines is 1. The molecule has 0 atom stereocenters. The van der Waals surface area contributed by atoms with E-state index < -0.39 is 4.92 Å². The fourth-order valence-electron chi connectivity index (χ4n) is 1.32. The standard InChI is InChI=1S/C10H8ClN3O3/c11-7-1-2-9(10(3-7)14(15)16)13-5-8-4-12-6-17-8/h1-4,6,13H,5H2. The number of rotatable bonds is 4. The van der Waals surface area contributed by atoms with E-state index in [-0.39, 0.29) is 5.69 Å². The number of nitro benzene ring substituents is 1. The van der Waals surface area contributed by atoms with Crippen molar-refractivity contribution in [1.29, 1.82) is 0 Å². The lowest BCUT2D eigenvalue weighted by atomic mass is 10.2. The third kappa shape index (κ3) is 2.73. The van der Waals surface area contributed by atoms with E-state index in [1.54, 1.807) is 12.1 Å². The van der Waals surface area contributed by atoms with Gasteiger partial charge in [-0.15, -0.1) is 0 Å². The predicted molar refractivity (Wildman–Crippen MR) is 61.9 cm³/mol. The van der Waals surface area contributed by atoms with Gasteiger partial charge in [0.1, 0.15) is 11.4 Å². The van der Waals surface area contributed by atoms with Crippen molar-refractivity contribution in [3.8, 4) is 0 Å². The summed E-state index contributed by atoms with van der Waals surface area (Å²) in [6, 6.07) is 4.43. The summed E-state index contributed by atoms with van der Waals surface area (Å²) >= 11 is 5.70. The zero-order chi connectivity index (χ0) is 12.3. The summed E-state index contributed by atoms with van der Waals surface area (Å²) in [6.07, 6.45) is 2.84. The molecule has 0 aliphatic rings. The van der Waals surface area contributed by atoms with Gasteiger partial charge in [0, 0.05) is 11.1 Å². The minimum absolute atomic E-state index is 0.0722. The van der Waals surface area contributed by atoms with Gasteiger partial charge in [-0.25, -0.2) is 4.98 Å². The highest BCUT2D eigenvalue weighted by Crippen LogP contribution is 2.27. The van der Waals surface area contributed by atoms with Crippen molar-refractivity contribution in [2.24, 2.45) is 0 Å². The SMILES string of the molecule is O=[N+]([O-])c1cc(Cl)ccc1NCc1cnco1. The number of aromatic nitrogens is 1. The molecule has 1 aromatic heterocycles. The van der Waals surface area contributed by atoms with E-state index in [1.165, 1.54) is 18.7 Å². The molecule has 0 fully saturated rings. The van der Waals surface area contributed by atoms with Crippen molar-refractivity contribution >= 4 is 23.0 Å². The first-order valence-electron chi connectivity index (χ1n) is 4.72. The van der Waals surface area contributed by atoms with Crippen LogP contribution >= 0.6 is 11.6 Å². The predicted octanol–water partition coefficient (Wildman–Crippen LogP) is 2.85. The van der Waals surface area contributed by atoms with Gasteiger partial charge < -0.3 is 9.73 Å². The van der Waals surface area contributed by atoms with Crippen molar-refractivity contribution in [3.63, 3.8) is 0 Å². The van der Waals surface area contributed by atoms with Crippen LogP contribution in [-0.2, 0) is 6.54 Å². The van der Waals surface area contributed by atoms with Gasteiger partial charge in [-0.3, -0.25) is 10.1 Å². The van der Waals surface area contributed by atoms with Crippen LogP contribution in [0.3, 0.4) is 0 Å². The van der Waals surface area contributed by atoms with E-state index in [0.717, 1.165) is 0 Å². The normalized spacial score (nSPS) is 10.2. The molecule has 0 amide bonds. The Morgan fingerprint density at radius 1 is 1.53 bits per heavy atom. The van der Waals surface area contributed by atoms with E-state index in [0.29, 0.717) is 23.0 Å². The van der Waals surface area contributed by atoms with Crippen LogP contribution in [0.15, 0.2) is 35.2 Å². The molecule has 17 heavy (non-hydrogen) atoms. The van der Waals surface area contributed by atoms with E-state index in [4.69, 9.17) is 16.0 Å². The van der Waals surface area contributed by atoms with Crippen LogP contribution in [0, 0.1) is 10.1 Å². The summed E-state index contributed by atoms with van der Waals surface area (Å²) in [5.41, 5.74) is 0.313. The van der Waals surface area contributed by atoms with Crippen molar-refractivity contribution in [3.05, 3.63) is 51.7 Å². The molecular formula is C10H8ClN3O3. The molecule has 0 spiro atoms. The Balaban J connectivity index is 2.17. The molecule has 0 aliphatic carbocycles. The number of oxazole rings is 1. The summed E-state index contributed by atoms with van der Waals surface area (Å²) in [5.74, 6) is 0.592. The number of nitrogens with one attached hydrogen (secondary N) is 1. The lowest BCUT2D eigenvalue weighted by Crippen LogP contribution is -2.01. The van der Waals surface area contributed by atoms with Crippen LogP contribution in [0.25, 0.3) is 0 Å². The van der Waals surface area contributed by atoms with Crippen LogP contribution in [0.4, 0.5) is 11.4 Å². The third-order valence-corrected chi connectivity index (χ3v) is 2.33. The van der Waals surface area contributed by atoms with Crippen molar-refractivity contribution in [2.75, 3.05) is 5.32 Å². The molecule has 0 unspecified atom stereocenters. The van der Waals surface area contributed by atoms with Gasteiger partial charge in [-0.05, 0) is 12.1 Å². The second-order valence-corrected chi connectivity index (χ2v) is 3.68. The molecule has 0 saturated carbocycles.